The molecule has 0 spiro atoms. The van der Waals surface area contributed by atoms with Gasteiger partial charge in [-0.05, 0) is 31.2 Å². The summed E-state index contributed by atoms with van der Waals surface area (Å²) in [7, 11) is 1.71. The fourth-order valence-corrected chi connectivity index (χ4v) is 3.43. The van der Waals surface area contributed by atoms with Crippen molar-refractivity contribution >= 4 is 17.3 Å². The fourth-order valence-electron chi connectivity index (χ4n) is 3.43. The zero-order valence-electron chi connectivity index (χ0n) is 15.6. The molecule has 1 saturated heterocycles. The second-order valence-corrected chi connectivity index (χ2v) is 6.41. The standard InChI is InChI=1S/C21H27N3O2/c1-3-24(18-9-5-4-6-10-18)21(25)17-22-13-15-23(16-14-22)19-11-7-8-12-20(19)26-2/h4-12H,3,13-17H2,1-2H3. The van der Waals surface area contributed by atoms with Gasteiger partial charge in [0.25, 0.3) is 0 Å². The Bertz CT molecular complexity index is 712. The van der Waals surface area contributed by atoms with Gasteiger partial charge in [-0.1, -0.05) is 30.3 Å². The van der Waals surface area contributed by atoms with Crippen LogP contribution in [0.4, 0.5) is 11.4 Å². The highest BCUT2D eigenvalue weighted by molar-refractivity contribution is 5.94. The Labute approximate surface area is 155 Å². The van der Waals surface area contributed by atoms with E-state index in [1.54, 1.807) is 7.11 Å². The van der Waals surface area contributed by atoms with Crippen molar-refractivity contribution in [2.24, 2.45) is 0 Å². The van der Waals surface area contributed by atoms with Gasteiger partial charge in [0.1, 0.15) is 5.75 Å². The van der Waals surface area contributed by atoms with E-state index in [9.17, 15) is 4.79 Å². The molecule has 138 valence electrons. The average Bonchev–Trinajstić information content (AvgIpc) is 2.70. The van der Waals surface area contributed by atoms with Crippen LogP contribution in [0.3, 0.4) is 0 Å². The quantitative estimate of drug-likeness (QED) is 0.800. The van der Waals surface area contributed by atoms with Crippen LogP contribution in [-0.4, -0.2) is 57.2 Å². The van der Waals surface area contributed by atoms with Crippen molar-refractivity contribution in [3.8, 4) is 5.75 Å². The molecule has 1 heterocycles. The summed E-state index contributed by atoms with van der Waals surface area (Å²) in [5, 5.41) is 0. The van der Waals surface area contributed by atoms with E-state index in [1.165, 1.54) is 0 Å². The highest BCUT2D eigenvalue weighted by atomic mass is 16.5. The molecule has 0 radical (unpaired) electrons. The summed E-state index contributed by atoms with van der Waals surface area (Å²) >= 11 is 0. The lowest BCUT2D eigenvalue weighted by molar-refractivity contribution is -0.119. The van der Waals surface area contributed by atoms with Crippen LogP contribution in [0.15, 0.2) is 54.6 Å². The summed E-state index contributed by atoms with van der Waals surface area (Å²) in [6.45, 7) is 6.69. The highest BCUT2D eigenvalue weighted by Crippen LogP contribution is 2.28. The van der Waals surface area contributed by atoms with Crippen molar-refractivity contribution in [3.05, 3.63) is 54.6 Å². The summed E-state index contributed by atoms with van der Waals surface area (Å²) in [6, 6.07) is 18.0. The molecule has 26 heavy (non-hydrogen) atoms. The molecule has 2 aromatic rings. The number of hydrogen-bond donors (Lipinski definition) is 0. The number of anilines is 2. The van der Waals surface area contributed by atoms with E-state index in [0.717, 1.165) is 43.3 Å². The number of piperazine rings is 1. The first kappa shape index (κ1) is 18.3. The largest absolute Gasteiger partial charge is 0.495 e. The molecule has 1 fully saturated rings. The van der Waals surface area contributed by atoms with E-state index < -0.39 is 0 Å². The van der Waals surface area contributed by atoms with Gasteiger partial charge in [-0.15, -0.1) is 0 Å². The lowest BCUT2D eigenvalue weighted by Crippen LogP contribution is -2.50. The van der Waals surface area contributed by atoms with Crippen LogP contribution in [0.25, 0.3) is 0 Å². The Hall–Kier alpha value is -2.53. The van der Waals surface area contributed by atoms with Crippen molar-refractivity contribution in [1.29, 1.82) is 0 Å². The van der Waals surface area contributed by atoms with Crippen molar-refractivity contribution < 1.29 is 9.53 Å². The molecule has 0 atom stereocenters. The lowest BCUT2D eigenvalue weighted by Gasteiger charge is -2.37. The van der Waals surface area contributed by atoms with E-state index in [1.807, 2.05) is 60.4 Å². The molecule has 0 aliphatic carbocycles. The molecule has 0 aromatic heterocycles. The molecule has 1 aliphatic rings. The molecular formula is C21H27N3O2. The number of benzene rings is 2. The van der Waals surface area contributed by atoms with Crippen LogP contribution in [0, 0.1) is 0 Å². The van der Waals surface area contributed by atoms with E-state index in [-0.39, 0.29) is 5.91 Å². The molecule has 1 amide bonds. The van der Waals surface area contributed by atoms with Gasteiger partial charge in [0, 0.05) is 38.4 Å². The van der Waals surface area contributed by atoms with Crippen LogP contribution in [0.1, 0.15) is 6.92 Å². The number of nitrogens with zero attached hydrogens (tertiary/aromatic N) is 3. The van der Waals surface area contributed by atoms with Gasteiger partial charge in [-0.3, -0.25) is 9.69 Å². The maximum atomic E-state index is 12.7. The molecule has 2 aromatic carbocycles. The van der Waals surface area contributed by atoms with Gasteiger partial charge in [0.05, 0.1) is 19.3 Å². The van der Waals surface area contributed by atoms with Gasteiger partial charge in [0.15, 0.2) is 0 Å². The average molecular weight is 353 g/mol. The molecular weight excluding hydrogens is 326 g/mol. The van der Waals surface area contributed by atoms with Crippen LogP contribution >= 0.6 is 0 Å². The van der Waals surface area contributed by atoms with E-state index in [0.29, 0.717) is 13.1 Å². The van der Waals surface area contributed by atoms with E-state index in [2.05, 4.69) is 15.9 Å². The van der Waals surface area contributed by atoms with Crippen molar-refractivity contribution in [1.82, 2.24) is 4.90 Å². The fraction of sp³-hybridized carbons (Fsp3) is 0.381. The van der Waals surface area contributed by atoms with Crippen LogP contribution < -0.4 is 14.5 Å². The summed E-state index contributed by atoms with van der Waals surface area (Å²) in [5.41, 5.74) is 2.09. The normalized spacial score (nSPS) is 14.9. The number of amides is 1. The van der Waals surface area contributed by atoms with Gasteiger partial charge in [-0.2, -0.15) is 0 Å². The minimum atomic E-state index is 0.157. The third-order valence-electron chi connectivity index (χ3n) is 4.84. The molecule has 5 nitrogen and oxygen atoms in total. The second kappa shape index (κ2) is 8.72. The summed E-state index contributed by atoms with van der Waals surface area (Å²) < 4.78 is 5.47. The number of carbonyl (C=O) groups excluding carboxylic acids is 1. The summed E-state index contributed by atoms with van der Waals surface area (Å²) in [6.07, 6.45) is 0. The van der Waals surface area contributed by atoms with Crippen molar-refractivity contribution in [2.75, 3.05) is 56.2 Å². The lowest BCUT2D eigenvalue weighted by atomic mass is 10.2. The monoisotopic (exact) mass is 353 g/mol. The Morgan fingerprint density at radius 2 is 1.65 bits per heavy atom. The number of ether oxygens (including phenoxy) is 1. The maximum absolute atomic E-state index is 12.7. The Morgan fingerprint density at radius 1 is 1.00 bits per heavy atom. The minimum Gasteiger partial charge on any atom is -0.495 e. The van der Waals surface area contributed by atoms with E-state index >= 15 is 0 Å². The number of methoxy groups -OCH3 is 1. The van der Waals surface area contributed by atoms with Crippen LogP contribution in [0.2, 0.25) is 0 Å². The van der Waals surface area contributed by atoms with Crippen molar-refractivity contribution in [3.63, 3.8) is 0 Å². The SMILES string of the molecule is CCN(C(=O)CN1CCN(c2ccccc2OC)CC1)c1ccccc1. The molecule has 1 aliphatic heterocycles. The minimum absolute atomic E-state index is 0.157. The number of rotatable bonds is 6. The third-order valence-corrected chi connectivity index (χ3v) is 4.84. The summed E-state index contributed by atoms with van der Waals surface area (Å²) in [5.74, 6) is 1.06. The first-order valence-electron chi connectivity index (χ1n) is 9.18. The number of likely N-dealkylation sites (N-methyl/N-ethyl adjacent to an activating group) is 1. The van der Waals surface area contributed by atoms with Gasteiger partial charge >= 0.3 is 0 Å². The van der Waals surface area contributed by atoms with Crippen molar-refractivity contribution in [2.45, 2.75) is 6.92 Å². The second-order valence-electron chi connectivity index (χ2n) is 6.41. The molecule has 3 rings (SSSR count). The van der Waals surface area contributed by atoms with Gasteiger partial charge < -0.3 is 14.5 Å². The number of hydrogen-bond acceptors (Lipinski definition) is 4. The number of para-hydroxylation sites is 3. The summed E-state index contributed by atoms with van der Waals surface area (Å²) in [4.78, 5) is 19.2. The molecule has 0 unspecified atom stereocenters. The topological polar surface area (TPSA) is 36.0 Å². The van der Waals surface area contributed by atoms with Crippen LogP contribution in [0.5, 0.6) is 5.75 Å². The zero-order chi connectivity index (χ0) is 18.4. The molecule has 0 saturated carbocycles. The maximum Gasteiger partial charge on any atom is 0.241 e. The number of carbonyl (C=O) groups is 1. The van der Waals surface area contributed by atoms with Gasteiger partial charge in [0.2, 0.25) is 5.91 Å². The molecule has 0 N–H and O–H groups in total. The molecule has 0 bridgehead atoms. The van der Waals surface area contributed by atoms with Crippen LogP contribution in [-0.2, 0) is 4.79 Å². The third kappa shape index (κ3) is 4.17. The van der Waals surface area contributed by atoms with Gasteiger partial charge in [-0.25, -0.2) is 0 Å². The molecule has 5 heteroatoms. The first-order chi connectivity index (χ1) is 12.7. The predicted molar refractivity (Wildman–Crippen MR) is 106 cm³/mol. The first-order valence-corrected chi connectivity index (χ1v) is 9.18. The smallest absolute Gasteiger partial charge is 0.241 e. The predicted octanol–water partition coefficient (Wildman–Crippen LogP) is 2.87. The Kier molecular flexibility index (Phi) is 6.12. The van der Waals surface area contributed by atoms with E-state index in [4.69, 9.17) is 4.74 Å². The highest BCUT2D eigenvalue weighted by Gasteiger charge is 2.23. The Balaban J connectivity index is 1.57. The zero-order valence-corrected chi connectivity index (χ0v) is 15.6. The Morgan fingerprint density at radius 3 is 2.31 bits per heavy atom.